The van der Waals surface area contributed by atoms with Crippen LogP contribution in [0.25, 0.3) is 0 Å². The molecule has 1 aliphatic heterocycles. The predicted octanol–water partition coefficient (Wildman–Crippen LogP) is 2.18. The monoisotopic (exact) mass is 223 g/mol. The van der Waals surface area contributed by atoms with E-state index in [-0.39, 0.29) is 11.4 Å². The van der Waals surface area contributed by atoms with Crippen LogP contribution in [0.1, 0.15) is 24.0 Å². The number of hydrogen-bond acceptors (Lipinski definition) is 2. The molecule has 16 heavy (non-hydrogen) atoms. The van der Waals surface area contributed by atoms with Gasteiger partial charge in [0.05, 0.1) is 0 Å². The summed E-state index contributed by atoms with van der Waals surface area (Å²) in [5.74, 6) is -0.181. The number of nitrogens with two attached hydrogens (primary N) is 1. The maximum atomic E-state index is 13.0. The summed E-state index contributed by atoms with van der Waals surface area (Å²) in [6, 6.07) is 4.91. The van der Waals surface area contributed by atoms with Crippen LogP contribution in [0, 0.1) is 12.7 Å². The highest BCUT2D eigenvalue weighted by atomic mass is 19.1. The molecule has 0 saturated carbocycles. The number of halogens is 1. The zero-order valence-corrected chi connectivity index (χ0v) is 9.63. The normalized spacial score (nSPS) is 19.7. The van der Waals surface area contributed by atoms with E-state index in [9.17, 15) is 4.39 Å². The molecule has 0 unspecified atom stereocenters. The highest BCUT2D eigenvalue weighted by molar-refractivity contribution is 5.28. The number of rotatable bonds is 2. The van der Waals surface area contributed by atoms with Crippen molar-refractivity contribution in [3.8, 4) is 0 Å². The molecule has 1 saturated heterocycles. The lowest BCUT2D eigenvalue weighted by molar-refractivity contribution is 0.0533. The van der Waals surface area contributed by atoms with Crippen molar-refractivity contribution in [3.05, 3.63) is 35.1 Å². The van der Waals surface area contributed by atoms with Crippen LogP contribution in [-0.4, -0.2) is 18.8 Å². The Morgan fingerprint density at radius 3 is 2.69 bits per heavy atom. The van der Waals surface area contributed by atoms with Gasteiger partial charge in [-0.3, -0.25) is 0 Å². The first-order valence-corrected chi connectivity index (χ1v) is 5.71. The first-order valence-electron chi connectivity index (χ1n) is 5.71. The molecule has 88 valence electrons. The minimum Gasteiger partial charge on any atom is -0.381 e. The summed E-state index contributed by atoms with van der Waals surface area (Å²) in [5.41, 5.74) is 8.27. The lowest BCUT2D eigenvalue weighted by Gasteiger charge is -2.33. The summed E-state index contributed by atoms with van der Waals surface area (Å²) in [7, 11) is 0. The van der Waals surface area contributed by atoms with Crippen LogP contribution in [0.4, 0.5) is 4.39 Å². The van der Waals surface area contributed by atoms with Crippen molar-refractivity contribution < 1.29 is 9.13 Å². The van der Waals surface area contributed by atoms with E-state index in [2.05, 4.69) is 0 Å². The molecule has 3 heteroatoms. The first-order chi connectivity index (χ1) is 7.59. The summed E-state index contributed by atoms with van der Waals surface area (Å²) < 4.78 is 18.3. The van der Waals surface area contributed by atoms with E-state index in [4.69, 9.17) is 10.5 Å². The van der Waals surface area contributed by atoms with Crippen molar-refractivity contribution in [1.82, 2.24) is 0 Å². The van der Waals surface area contributed by atoms with Crippen LogP contribution in [0.2, 0.25) is 0 Å². The summed E-state index contributed by atoms with van der Waals surface area (Å²) in [4.78, 5) is 0. The molecule has 0 radical (unpaired) electrons. The van der Waals surface area contributed by atoms with Gasteiger partial charge in [-0.25, -0.2) is 4.39 Å². The van der Waals surface area contributed by atoms with Gasteiger partial charge in [0.15, 0.2) is 0 Å². The lowest BCUT2D eigenvalue weighted by atomic mass is 9.83. The van der Waals surface area contributed by atoms with Gasteiger partial charge in [0.2, 0.25) is 0 Å². The smallest absolute Gasteiger partial charge is 0.123 e. The molecular formula is C13H18FNO. The highest BCUT2D eigenvalue weighted by Crippen LogP contribution is 2.24. The molecule has 1 aromatic carbocycles. The average molecular weight is 223 g/mol. The molecule has 2 N–H and O–H groups in total. The minimum absolute atomic E-state index is 0.180. The Balaban J connectivity index is 2.13. The van der Waals surface area contributed by atoms with Gasteiger partial charge in [0.25, 0.3) is 0 Å². The number of ether oxygens (including phenoxy) is 1. The average Bonchev–Trinajstić information content (AvgIpc) is 2.23. The second-order valence-electron chi connectivity index (χ2n) is 4.72. The topological polar surface area (TPSA) is 35.2 Å². The van der Waals surface area contributed by atoms with Crippen LogP contribution in [-0.2, 0) is 11.2 Å². The molecule has 0 bridgehead atoms. The summed E-state index contributed by atoms with van der Waals surface area (Å²) in [6.45, 7) is 3.40. The Bertz CT molecular complexity index is 372. The molecule has 0 aliphatic carbocycles. The van der Waals surface area contributed by atoms with Crippen molar-refractivity contribution in [2.75, 3.05) is 13.2 Å². The molecule has 1 heterocycles. The van der Waals surface area contributed by atoms with Crippen molar-refractivity contribution in [3.63, 3.8) is 0 Å². The van der Waals surface area contributed by atoms with Gasteiger partial charge < -0.3 is 10.5 Å². The Hall–Kier alpha value is -0.930. The summed E-state index contributed by atoms with van der Waals surface area (Å²) in [6.07, 6.45) is 2.57. The lowest BCUT2D eigenvalue weighted by Crippen LogP contribution is -2.47. The van der Waals surface area contributed by atoms with Gasteiger partial charge in [-0.1, -0.05) is 6.07 Å². The van der Waals surface area contributed by atoms with Crippen LogP contribution >= 0.6 is 0 Å². The van der Waals surface area contributed by atoms with E-state index in [1.807, 2.05) is 13.0 Å². The Labute approximate surface area is 95.6 Å². The van der Waals surface area contributed by atoms with Gasteiger partial charge in [-0.05, 0) is 49.4 Å². The van der Waals surface area contributed by atoms with E-state index in [1.165, 1.54) is 6.07 Å². The molecule has 1 aromatic rings. The maximum Gasteiger partial charge on any atom is 0.123 e. The van der Waals surface area contributed by atoms with Crippen molar-refractivity contribution in [2.24, 2.45) is 5.73 Å². The van der Waals surface area contributed by atoms with E-state index in [1.54, 1.807) is 6.07 Å². The van der Waals surface area contributed by atoms with Gasteiger partial charge in [0, 0.05) is 18.8 Å². The molecule has 2 nitrogen and oxygen atoms in total. The van der Waals surface area contributed by atoms with E-state index in [0.717, 1.165) is 43.6 Å². The third kappa shape index (κ3) is 2.60. The van der Waals surface area contributed by atoms with Gasteiger partial charge >= 0.3 is 0 Å². The van der Waals surface area contributed by atoms with E-state index in [0.29, 0.717) is 0 Å². The molecule has 0 atom stereocenters. The maximum absolute atomic E-state index is 13.0. The second-order valence-corrected chi connectivity index (χ2v) is 4.72. The Morgan fingerprint density at radius 2 is 2.06 bits per heavy atom. The van der Waals surface area contributed by atoms with Crippen molar-refractivity contribution in [2.45, 2.75) is 31.7 Å². The largest absolute Gasteiger partial charge is 0.381 e. The Kier molecular flexibility index (Phi) is 3.26. The van der Waals surface area contributed by atoms with Crippen molar-refractivity contribution in [1.29, 1.82) is 0 Å². The Morgan fingerprint density at radius 1 is 1.38 bits per heavy atom. The molecule has 0 spiro atoms. The van der Waals surface area contributed by atoms with Crippen LogP contribution in [0.15, 0.2) is 18.2 Å². The highest BCUT2D eigenvalue weighted by Gasteiger charge is 2.28. The second kappa shape index (κ2) is 4.52. The van der Waals surface area contributed by atoms with Crippen LogP contribution in [0.3, 0.4) is 0 Å². The predicted molar refractivity (Wildman–Crippen MR) is 61.8 cm³/mol. The van der Waals surface area contributed by atoms with E-state index < -0.39 is 0 Å². The summed E-state index contributed by atoms with van der Waals surface area (Å²) in [5, 5.41) is 0. The first kappa shape index (κ1) is 11.6. The van der Waals surface area contributed by atoms with Crippen LogP contribution < -0.4 is 5.73 Å². The zero-order chi connectivity index (χ0) is 11.6. The fourth-order valence-corrected chi connectivity index (χ4v) is 2.19. The molecule has 1 fully saturated rings. The van der Waals surface area contributed by atoms with Gasteiger partial charge in [-0.15, -0.1) is 0 Å². The number of benzene rings is 1. The SMILES string of the molecule is Cc1cc(F)ccc1CC1(N)CCOCC1. The fourth-order valence-electron chi connectivity index (χ4n) is 2.19. The van der Waals surface area contributed by atoms with Crippen LogP contribution in [0.5, 0.6) is 0 Å². The summed E-state index contributed by atoms with van der Waals surface area (Å²) >= 11 is 0. The third-order valence-corrected chi connectivity index (χ3v) is 3.34. The van der Waals surface area contributed by atoms with Gasteiger partial charge in [-0.2, -0.15) is 0 Å². The molecule has 0 aromatic heterocycles. The quantitative estimate of drug-likeness (QED) is 0.834. The van der Waals surface area contributed by atoms with E-state index >= 15 is 0 Å². The molecular weight excluding hydrogens is 205 g/mol. The molecule has 2 rings (SSSR count). The third-order valence-electron chi connectivity index (χ3n) is 3.34. The van der Waals surface area contributed by atoms with Crippen molar-refractivity contribution >= 4 is 0 Å². The number of aryl methyl sites for hydroxylation is 1. The minimum atomic E-state index is -0.181. The standard InChI is InChI=1S/C13H18FNO/c1-10-8-12(14)3-2-11(10)9-13(15)4-6-16-7-5-13/h2-3,8H,4-7,9,15H2,1H3. The fraction of sp³-hybridized carbons (Fsp3) is 0.538. The number of hydrogen-bond donors (Lipinski definition) is 1. The van der Waals surface area contributed by atoms with Gasteiger partial charge in [0.1, 0.15) is 5.82 Å². The molecule has 1 aliphatic rings. The zero-order valence-electron chi connectivity index (χ0n) is 9.63. The molecule has 0 amide bonds.